The molecule has 1 heterocycles. The molecule has 3 unspecified atom stereocenters. The summed E-state index contributed by atoms with van der Waals surface area (Å²) in [4.78, 5) is 11.4. The summed E-state index contributed by atoms with van der Waals surface area (Å²) >= 11 is 0. The molecule has 2 aliphatic rings. The fourth-order valence-electron chi connectivity index (χ4n) is 4.82. The first-order valence-corrected chi connectivity index (χ1v) is 10.6. The molecule has 0 aromatic rings. The van der Waals surface area contributed by atoms with Crippen LogP contribution in [0.5, 0.6) is 0 Å². The lowest BCUT2D eigenvalue weighted by Gasteiger charge is -2.41. The molecule has 1 saturated carbocycles. The molecule has 2 rings (SSSR count). The van der Waals surface area contributed by atoms with Gasteiger partial charge in [0, 0.05) is 12.6 Å². The van der Waals surface area contributed by atoms with Gasteiger partial charge in [0.05, 0.1) is 0 Å². The third-order valence-corrected chi connectivity index (χ3v) is 5.68. The van der Waals surface area contributed by atoms with Gasteiger partial charge in [-0.25, -0.2) is 0 Å². The highest BCUT2D eigenvalue weighted by Crippen LogP contribution is 2.48. The Morgan fingerprint density at radius 2 is 1.58 bits per heavy atom. The summed E-state index contributed by atoms with van der Waals surface area (Å²) in [5.74, 6) is 1.99. The number of hydrogen-bond donors (Lipinski definition) is 0. The van der Waals surface area contributed by atoms with Gasteiger partial charge in [0.2, 0.25) is 0 Å². The van der Waals surface area contributed by atoms with E-state index in [-0.39, 0.29) is 0 Å². The second kappa shape index (κ2) is 14.9. The van der Waals surface area contributed by atoms with Gasteiger partial charge in [-0.15, -0.1) is 0 Å². The first kappa shape index (κ1) is 25.9. The molecule has 0 aromatic heterocycles. The van der Waals surface area contributed by atoms with Gasteiger partial charge < -0.3 is 9.69 Å². The maximum atomic E-state index is 8.81. The van der Waals surface area contributed by atoms with Crippen molar-refractivity contribution in [2.75, 3.05) is 13.6 Å². The van der Waals surface area contributed by atoms with Crippen molar-refractivity contribution in [1.82, 2.24) is 4.90 Å². The van der Waals surface area contributed by atoms with Crippen molar-refractivity contribution < 1.29 is 4.79 Å². The summed E-state index contributed by atoms with van der Waals surface area (Å²) in [6, 6.07) is 0.789. The summed E-state index contributed by atoms with van der Waals surface area (Å²) in [5, 5.41) is 0. The summed E-state index contributed by atoms with van der Waals surface area (Å²) in [6.45, 7) is 18.2. The zero-order valence-electron chi connectivity index (χ0n) is 18.3. The Morgan fingerprint density at radius 3 is 1.92 bits per heavy atom. The van der Waals surface area contributed by atoms with E-state index in [9.17, 15) is 0 Å². The third-order valence-electron chi connectivity index (χ3n) is 5.68. The minimum absolute atomic E-state index is 0.588. The molecule has 3 atom stereocenters. The van der Waals surface area contributed by atoms with Crippen LogP contribution >= 0.6 is 0 Å². The fourth-order valence-corrected chi connectivity index (χ4v) is 4.82. The number of carbonyl (C=O) groups is 1. The maximum absolute atomic E-state index is 8.81. The second-order valence-corrected chi connectivity index (χ2v) is 7.27. The Labute approximate surface area is 153 Å². The zero-order valence-corrected chi connectivity index (χ0v) is 18.3. The van der Waals surface area contributed by atoms with Crippen molar-refractivity contribution in [2.24, 2.45) is 17.3 Å². The van der Waals surface area contributed by atoms with E-state index in [2.05, 4.69) is 32.7 Å². The van der Waals surface area contributed by atoms with Gasteiger partial charge in [0.1, 0.15) is 6.29 Å². The van der Waals surface area contributed by atoms with Crippen molar-refractivity contribution in [3.8, 4) is 0 Å². The molecule has 0 radical (unpaired) electrons. The quantitative estimate of drug-likeness (QED) is 0.540. The lowest BCUT2D eigenvalue weighted by molar-refractivity contribution is -0.106. The highest BCUT2D eigenvalue weighted by molar-refractivity contribution is 5.44. The number of hydrogen-bond acceptors (Lipinski definition) is 2. The molecule has 2 nitrogen and oxygen atoms in total. The molecule has 146 valence electrons. The number of carbonyl (C=O) groups excluding carboxylic acids is 1. The lowest BCUT2D eigenvalue weighted by Crippen LogP contribution is -2.35. The highest BCUT2D eigenvalue weighted by atomic mass is 16.1. The van der Waals surface area contributed by atoms with Crippen LogP contribution in [0.3, 0.4) is 0 Å². The number of rotatable bonds is 3. The fraction of sp³-hybridized carbons (Fsp3) is 0.955. The molecule has 2 heteroatoms. The topological polar surface area (TPSA) is 20.3 Å². The van der Waals surface area contributed by atoms with Crippen molar-refractivity contribution in [3.05, 3.63) is 0 Å². The van der Waals surface area contributed by atoms with Crippen LogP contribution < -0.4 is 0 Å². The Kier molecular flexibility index (Phi) is 16.1. The Balaban J connectivity index is 0. The average Bonchev–Trinajstić information content (AvgIpc) is 2.86. The molecule has 2 fully saturated rings. The lowest BCUT2D eigenvalue weighted by atomic mass is 9.64. The van der Waals surface area contributed by atoms with Crippen molar-refractivity contribution in [3.63, 3.8) is 0 Å². The Morgan fingerprint density at radius 1 is 1.12 bits per heavy atom. The summed E-state index contributed by atoms with van der Waals surface area (Å²) in [7, 11) is 2.31. The van der Waals surface area contributed by atoms with Crippen LogP contribution in [0, 0.1) is 17.3 Å². The number of aldehydes is 1. The van der Waals surface area contributed by atoms with Crippen LogP contribution in [0.2, 0.25) is 0 Å². The molecule has 0 bridgehead atoms. The SMILES string of the molecule is CC.CC.CC=O.CCC(C1CCCCC1)C1(C)CC(C)N(C)C1. The van der Waals surface area contributed by atoms with Gasteiger partial charge in [-0.1, -0.05) is 80.1 Å². The molecule has 1 aliphatic heterocycles. The van der Waals surface area contributed by atoms with Crippen LogP contribution in [-0.4, -0.2) is 30.8 Å². The smallest absolute Gasteiger partial charge is 0.116 e. The minimum Gasteiger partial charge on any atom is -0.304 e. The van der Waals surface area contributed by atoms with E-state index in [1.165, 1.54) is 58.4 Å². The average molecular weight is 342 g/mol. The van der Waals surface area contributed by atoms with Gasteiger partial charge in [-0.2, -0.15) is 0 Å². The Bertz CT molecular complexity index is 274. The molecule has 1 saturated heterocycles. The molecule has 0 N–H and O–H groups in total. The van der Waals surface area contributed by atoms with Crippen molar-refractivity contribution >= 4 is 6.29 Å². The van der Waals surface area contributed by atoms with Gasteiger partial charge >= 0.3 is 0 Å². The molecule has 1 aliphatic carbocycles. The molecule has 0 spiro atoms. The van der Waals surface area contributed by atoms with Crippen molar-refractivity contribution in [1.29, 1.82) is 0 Å². The van der Waals surface area contributed by atoms with E-state index in [0.717, 1.165) is 24.2 Å². The Hall–Kier alpha value is -0.370. The first-order valence-electron chi connectivity index (χ1n) is 10.6. The third kappa shape index (κ3) is 8.14. The molecule has 0 aromatic carbocycles. The van der Waals surface area contributed by atoms with Gasteiger partial charge in [0.25, 0.3) is 0 Å². The van der Waals surface area contributed by atoms with E-state index < -0.39 is 0 Å². The van der Waals surface area contributed by atoms with Gasteiger partial charge in [-0.05, 0) is 44.6 Å². The van der Waals surface area contributed by atoms with E-state index in [4.69, 9.17) is 4.79 Å². The molecular weight excluding hydrogens is 294 g/mol. The molecule has 0 amide bonds. The van der Waals surface area contributed by atoms with E-state index >= 15 is 0 Å². The van der Waals surface area contributed by atoms with Crippen LogP contribution in [-0.2, 0) is 4.79 Å². The largest absolute Gasteiger partial charge is 0.304 e. The van der Waals surface area contributed by atoms with Crippen LogP contribution in [0.15, 0.2) is 0 Å². The first-order chi connectivity index (χ1) is 11.5. The highest BCUT2D eigenvalue weighted by Gasteiger charge is 2.44. The summed E-state index contributed by atoms with van der Waals surface area (Å²) < 4.78 is 0. The second-order valence-electron chi connectivity index (χ2n) is 7.27. The van der Waals surface area contributed by atoms with Crippen LogP contribution in [0.1, 0.15) is 100 Å². The number of likely N-dealkylation sites (tertiary alicyclic amines) is 1. The molecular formula is C22H47NO. The van der Waals surface area contributed by atoms with E-state index in [1.54, 1.807) is 0 Å². The monoisotopic (exact) mass is 341 g/mol. The standard InChI is InChI=1S/C16H31N.C2H4O.2C2H6/c1-5-15(14-9-7-6-8-10-14)16(3)11-13(2)17(4)12-16;1-2-3;2*1-2/h13-15H,5-12H2,1-4H3;2H,1H3;2*1-2H3. The minimum atomic E-state index is 0.588. The predicted molar refractivity (Wildman–Crippen MR) is 110 cm³/mol. The van der Waals surface area contributed by atoms with Crippen LogP contribution in [0.25, 0.3) is 0 Å². The van der Waals surface area contributed by atoms with E-state index in [1.807, 2.05) is 27.7 Å². The van der Waals surface area contributed by atoms with Gasteiger partial charge in [-0.3, -0.25) is 0 Å². The number of nitrogens with zero attached hydrogens (tertiary/aromatic N) is 1. The van der Waals surface area contributed by atoms with E-state index in [0.29, 0.717) is 5.41 Å². The molecule has 24 heavy (non-hydrogen) atoms. The van der Waals surface area contributed by atoms with Crippen molar-refractivity contribution in [2.45, 2.75) is 106 Å². The van der Waals surface area contributed by atoms with Gasteiger partial charge in [0.15, 0.2) is 0 Å². The normalized spacial score (nSPS) is 28.3. The maximum Gasteiger partial charge on any atom is 0.116 e. The summed E-state index contributed by atoms with van der Waals surface area (Å²) in [5.41, 5.74) is 0.588. The predicted octanol–water partition coefficient (Wildman–Crippen LogP) is 6.58. The summed E-state index contributed by atoms with van der Waals surface area (Å²) in [6.07, 6.45) is 11.0. The zero-order chi connectivity index (χ0) is 19.2. The van der Waals surface area contributed by atoms with Crippen LogP contribution in [0.4, 0.5) is 0 Å².